The van der Waals surface area contributed by atoms with Gasteiger partial charge in [0.25, 0.3) is 0 Å². The summed E-state index contributed by atoms with van der Waals surface area (Å²) in [6.07, 6.45) is 3.39. The lowest BCUT2D eigenvalue weighted by molar-refractivity contribution is 0.339. The van der Waals surface area contributed by atoms with Gasteiger partial charge in [-0.05, 0) is 74.4 Å². The number of aromatic hydroxyl groups is 1. The third-order valence-corrected chi connectivity index (χ3v) is 11.4. The first kappa shape index (κ1) is 21.9. The summed E-state index contributed by atoms with van der Waals surface area (Å²) in [7, 11) is 3.12. The number of nitrogens with one attached hydrogen (secondary N) is 1. The van der Waals surface area contributed by atoms with Crippen molar-refractivity contribution in [3.63, 3.8) is 0 Å². The second-order valence-electron chi connectivity index (χ2n) is 8.01. The van der Waals surface area contributed by atoms with Gasteiger partial charge in [-0.3, -0.25) is 4.98 Å². The molecule has 0 bridgehead atoms. The van der Waals surface area contributed by atoms with Gasteiger partial charge in [-0.2, -0.15) is 0 Å². The molecule has 7 heteroatoms. The summed E-state index contributed by atoms with van der Waals surface area (Å²) in [5, 5.41) is 13.9. The van der Waals surface area contributed by atoms with E-state index in [2.05, 4.69) is 23.3 Å². The number of anilines is 1. The van der Waals surface area contributed by atoms with Crippen LogP contribution < -0.4 is 14.8 Å². The average molecular weight is 435 g/mol. The molecule has 2 aromatic rings. The van der Waals surface area contributed by atoms with Crippen LogP contribution in [0, 0.1) is 19.8 Å². The Labute approximate surface area is 178 Å². The van der Waals surface area contributed by atoms with Crippen LogP contribution in [-0.2, 0) is 11.8 Å². The van der Waals surface area contributed by atoms with Gasteiger partial charge in [-0.25, -0.2) is 0 Å². The van der Waals surface area contributed by atoms with Gasteiger partial charge < -0.3 is 19.9 Å². The van der Waals surface area contributed by atoms with Crippen molar-refractivity contribution in [1.82, 2.24) is 4.98 Å². The van der Waals surface area contributed by atoms with Crippen molar-refractivity contribution in [2.75, 3.05) is 38.4 Å². The summed E-state index contributed by atoms with van der Waals surface area (Å²) in [6.45, 7) is 7.04. The molecule has 0 spiro atoms. The molecule has 0 amide bonds. The van der Waals surface area contributed by atoms with Crippen LogP contribution in [-0.4, -0.2) is 43.2 Å². The number of phenolic OH excluding ortho intramolecular Hbond substituents is 1. The molecule has 1 aliphatic rings. The zero-order chi connectivity index (χ0) is 21.2. The number of nitrogens with zero attached hydrogens (tertiary/aromatic N) is 1. The number of hydrogen-bond donors (Lipinski definition) is 2. The molecule has 158 valence electrons. The normalized spacial score (nSPS) is 22.3. The topological polar surface area (TPSA) is 63.6 Å². The quantitative estimate of drug-likeness (QED) is 0.592. The summed E-state index contributed by atoms with van der Waals surface area (Å²) >= 11 is 6.32. The summed E-state index contributed by atoms with van der Waals surface area (Å²) in [4.78, 5) is 4.56. The zero-order valence-corrected chi connectivity index (χ0v) is 19.6. The number of phenols is 1. The fourth-order valence-electron chi connectivity index (χ4n) is 4.17. The predicted molar refractivity (Wildman–Crippen MR) is 124 cm³/mol. The maximum atomic E-state index is 10.3. The van der Waals surface area contributed by atoms with Crippen molar-refractivity contribution in [3.8, 4) is 17.2 Å². The first-order valence-electron chi connectivity index (χ1n) is 9.98. The monoisotopic (exact) mass is 434 g/mol. The summed E-state index contributed by atoms with van der Waals surface area (Å²) in [5.74, 6) is 1.53. The van der Waals surface area contributed by atoms with Crippen molar-refractivity contribution < 1.29 is 14.6 Å². The van der Waals surface area contributed by atoms with E-state index in [0.29, 0.717) is 17.4 Å². The smallest absolute Gasteiger partial charge is 0.200 e. The molecule has 29 heavy (non-hydrogen) atoms. The van der Waals surface area contributed by atoms with Crippen molar-refractivity contribution in [2.45, 2.75) is 32.9 Å². The van der Waals surface area contributed by atoms with Crippen LogP contribution in [0.2, 0.25) is 0 Å². The molecule has 3 rings (SSSR count). The minimum Gasteiger partial charge on any atom is -0.502 e. The van der Waals surface area contributed by atoms with Gasteiger partial charge in [0.05, 0.1) is 25.6 Å². The second kappa shape index (κ2) is 8.93. The lowest BCUT2D eigenvalue weighted by atomic mass is 10.1. The molecule has 2 N–H and O–H groups in total. The van der Waals surface area contributed by atoms with E-state index in [9.17, 15) is 5.11 Å². The Morgan fingerprint density at radius 2 is 1.90 bits per heavy atom. The lowest BCUT2D eigenvalue weighted by Gasteiger charge is -2.30. The predicted octanol–water partition coefficient (Wildman–Crippen LogP) is 5.09. The van der Waals surface area contributed by atoms with Gasteiger partial charge in [0.15, 0.2) is 11.5 Å². The Balaban J connectivity index is 1.99. The maximum Gasteiger partial charge on any atom is 0.200 e. The van der Waals surface area contributed by atoms with E-state index in [1.54, 1.807) is 14.2 Å². The molecule has 2 heterocycles. The number of ether oxygens (including phenoxy) is 2. The Hall–Kier alpha value is -1.78. The van der Waals surface area contributed by atoms with Crippen molar-refractivity contribution in [2.24, 2.45) is 5.92 Å². The third kappa shape index (κ3) is 4.70. The first-order chi connectivity index (χ1) is 13.8. The Morgan fingerprint density at radius 3 is 2.41 bits per heavy atom. The minimum atomic E-state index is -1.64. The van der Waals surface area contributed by atoms with Gasteiger partial charge in [0, 0.05) is 17.9 Å². The molecule has 2 unspecified atom stereocenters. The lowest BCUT2D eigenvalue weighted by Crippen LogP contribution is -2.16. The minimum absolute atomic E-state index is 0.0283. The molecule has 1 aromatic heterocycles. The van der Waals surface area contributed by atoms with E-state index in [1.165, 1.54) is 6.42 Å². The van der Waals surface area contributed by atoms with Crippen molar-refractivity contribution in [1.29, 1.82) is 0 Å². The summed E-state index contributed by atoms with van der Waals surface area (Å²) in [5.41, 5.74) is 4.27. The first-order valence-corrected chi connectivity index (χ1v) is 13.2. The molecule has 3 atom stereocenters. The second-order valence-corrected chi connectivity index (χ2v) is 13.5. The summed E-state index contributed by atoms with van der Waals surface area (Å²) < 4.78 is 10.8. The van der Waals surface area contributed by atoms with Crippen LogP contribution in [0.1, 0.15) is 36.0 Å². The highest BCUT2D eigenvalue weighted by Gasteiger charge is 2.36. The van der Waals surface area contributed by atoms with E-state index in [1.807, 2.05) is 32.0 Å². The number of aryl methyl sites for hydroxylation is 2. The van der Waals surface area contributed by atoms with Gasteiger partial charge in [0.1, 0.15) is 0 Å². The number of pyridine rings is 1. The van der Waals surface area contributed by atoms with Crippen LogP contribution in [0.4, 0.5) is 5.69 Å². The average Bonchev–Trinajstić information content (AvgIpc) is 3.03. The Morgan fingerprint density at radius 1 is 1.24 bits per heavy atom. The molecule has 0 saturated carbocycles. The highest BCUT2D eigenvalue weighted by atomic mass is 32.4. The van der Waals surface area contributed by atoms with E-state index < -0.39 is 6.04 Å². The Bertz CT molecular complexity index is 909. The molecule has 0 radical (unpaired) electrons. The van der Waals surface area contributed by atoms with Crippen LogP contribution in [0.5, 0.6) is 17.2 Å². The Kier molecular flexibility index (Phi) is 6.75. The number of aromatic nitrogens is 1. The van der Waals surface area contributed by atoms with Gasteiger partial charge in [-0.1, -0.05) is 18.7 Å². The van der Waals surface area contributed by atoms with Gasteiger partial charge in [0.2, 0.25) is 5.75 Å². The van der Waals surface area contributed by atoms with Crippen molar-refractivity contribution >= 4 is 23.5 Å². The molecule has 5 nitrogen and oxygen atoms in total. The molecular weight excluding hydrogens is 403 g/mol. The van der Waals surface area contributed by atoms with Crippen LogP contribution >= 0.6 is 6.04 Å². The van der Waals surface area contributed by atoms with Crippen LogP contribution in [0.15, 0.2) is 24.3 Å². The molecule has 1 fully saturated rings. The molecule has 1 aliphatic heterocycles. The number of methoxy groups -OCH3 is 2. The largest absolute Gasteiger partial charge is 0.502 e. The highest BCUT2D eigenvalue weighted by Crippen LogP contribution is 2.65. The van der Waals surface area contributed by atoms with Crippen molar-refractivity contribution in [3.05, 3.63) is 41.2 Å². The highest BCUT2D eigenvalue weighted by molar-refractivity contribution is 8.14. The molecule has 0 aliphatic carbocycles. The maximum absolute atomic E-state index is 10.3. The summed E-state index contributed by atoms with van der Waals surface area (Å²) in [6, 6.07) is 6.30. The van der Waals surface area contributed by atoms with E-state index in [-0.39, 0.29) is 11.4 Å². The van der Waals surface area contributed by atoms with E-state index in [4.69, 9.17) is 21.3 Å². The standard InChI is InChI=1S/C22H31N2O3PS/c1-14-8-9-28(29,13-14)21(12-23-18-7-6-15(2)24-16(18)3)17-10-19(26-4)22(25)20(11-17)27-5/h6-7,10-11,14,21,23,25H,8-9,12-13H2,1-5H3/t14-,21?,28?/m0/s1. The molecular formula is C22H31N2O3PS. The van der Waals surface area contributed by atoms with Gasteiger partial charge >= 0.3 is 0 Å². The number of benzene rings is 1. The fourth-order valence-corrected chi connectivity index (χ4v) is 9.82. The molecule has 1 saturated heterocycles. The van der Waals surface area contributed by atoms with Gasteiger partial charge in [-0.15, -0.1) is 0 Å². The number of rotatable bonds is 7. The van der Waals surface area contributed by atoms with E-state index in [0.717, 1.165) is 41.5 Å². The number of hydrogen-bond acceptors (Lipinski definition) is 6. The fraction of sp³-hybridized carbons (Fsp3) is 0.500. The van der Waals surface area contributed by atoms with E-state index >= 15 is 0 Å². The molecule has 1 aromatic carbocycles. The van der Waals surface area contributed by atoms with Crippen LogP contribution in [0.3, 0.4) is 0 Å². The third-order valence-electron chi connectivity index (χ3n) is 5.79. The van der Waals surface area contributed by atoms with Crippen LogP contribution in [0.25, 0.3) is 0 Å². The zero-order valence-electron chi connectivity index (χ0n) is 17.9. The SMILES string of the molecule is COc1cc(C(CNc2ccc(C)nc2C)P2(=S)CC[C@H](C)C2)cc(OC)c1O.